The third-order valence-electron chi connectivity index (χ3n) is 3.52. The number of carbonyl (C=O) groups is 1. The zero-order chi connectivity index (χ0) is 15.5. The minimum Gasteiger partial charge on any atom is -0.375 e. The van der Waals surface area contributed by atoms with Crippen LogP contribution in [0.15, 0.2) is 35.3 Å². The average molecular weight is 315 g/mol. The van der Waals surface area contributed by atoms with Gasteiger partial charge in [-0.2, -0.15) is 0 Å². The molecule has 6 nitrogen and oxygen atoms in total. The molecule has 3 rings (SSSR count). The first-order valence-electron chi connectivity index (χ1n) is 6.99. The number of nitrogen functional groups attached to an aromatic ring is 1. The molecule has 0 spiro atoms. The second kappa shape index (κ2) is 6.15. The average Bonchev–Trinajstić information content (AvgIpc) is 2.92. The van der Waals surface area contributed by atoms with Gasteiger partial charge in [-0.3, -0.25) is 15.1 Å². The molecule has 1 amide bonds. The molecule has 2 aromatic rings. The van der Waals surface area contributed by atoms with Crippen LogP contribution in [-0.4, -0.2) is 35.3 Å². The fourth-order valence-electron chi connectivity index (χ4n) is 2.44. The SMILES string of the molecule is CN=C(NC(=O)c1ccccc1)N1CCc2nc(N)sc2C1. The van der Waals surface area contributed by atoms with E-state index in [-0.39, 0.29) is 5.91 Å². The largest absolute Gasteiger partial charge is 0.375 e. The van der Waals surface area contributed by atoms with Crippen molar-refractivity contribution in [2.75, 3.05) is 19.3 Å². The van der Waals surface area contributed by atoms with E-state index in [1.54, 1.807) is 19.2 Å². The molecule has 0 saturated carbocycles. The molecule has 1 aliphatic rings. The Morgan fingerprint density at radius 3 is 2.91 bits per heavy atom. The third kappa shape index (κ3) is 2.94. The number of aromatic nitrogens is 1. The summed E-state index contributed by atoms with van der Waals surface area (Å²) >= 11 is 1.49. The number of nitrogens with one attached hydrogen (secondary N) is 1. The van der Waals surface area contributed by atoms with Crippen molar-refractivity contribution in [3.05, 3.63) is 46.5 Å². The van der Waals surface area contributed by atoms with Gasteiger partial charge in [0.15, 0.2) is 5.13 Å². The molecule has 3 N–H and O–H groups in total. The number of rotatable bonds is 1. The Morgan fingerprint density at radius 1 is 1.41 bits per heavy atom. The first-order valence-corrected chi connectivity index (χ1v) is 7.81. The van der Waals surface area contributed by atoms with Crippen LogP contribution < -0.4 is 11.1 Å². The molecule has 0 saturated heterocycles. The predicted molar refractivity (Wildman–Crippen MR) is 87.9 cm³/mol. The van der Waals surface area contributed by atoms with Crippen molar-refractivity contribution in [1.29, 1.82) is 0 Å². The van der Waals surface area contributed by atoms with Gasteiger partial charge in [-0.15, -0.1) is 11.3 Å². The van der Waals surface area contributed by atoms with Gasteiger partial charge < -0.3 is 10.6 Å². The lowest BCUT2D eigenvalue weighted by Gasteiger charge is -2.28. The van der Waals surface area contributed by atoms with Gasteiger partial charge in [0.05, 0.1) is 12.2 Å². The molecule has 22 heavy (non-hydrogen) atoms. The van der Waals surface area contributed by atoms with E-state index in [1.807, 2.05) is 23.1 Å². The summed E-state index contributed by atoms with van der Waals surface area (Å²) in [6.45, 7) is 1.43. The summed E-state index contributed by atoms with van der Waals surface area (Å²) in [4.78, 5) is 24.0. The van der Waals surface area contributed by atoms with Crippen molar-refractivity contribution in [2.24, 2.45) is 4.99 Å². The molecule has 2 heterocycles. The Labute approximate surface area is 132 Å². The third-order valence-corrected chi connectivity index (χ3v) is 4.43. The van der Waals surface area contributed by atoms with E-state index >= 15 is 0 Å². The molecule has 1 aliphatic heterocycles. The van der Waals surface area contributed by atoms with Gasteiger partial charge >= 0.3 is 0 Å². The Kier molecular flexibility index (Phi) is 4.06. The van der Waals surface area contributed by atoms with E-state index < -0.39 is 0 Å². The normalized spacial score (nSPS) is 14.6. The number of nitrogens with two attached hydrogens (primary N) is 1. The Morgan fingerprint density at radius 2 is 2.18 bits per heavy atom. The smallest absolute Gasteiger partial charge is 0.257 e. The summed E-state index contributed by atoms with van der Waals surface area (Å²) in [7, 11) is 1.68. The fourth-order valence-corrected chi connectivity index (χ4v) is 3.33. The molecule has 0 fully saturated rings. The fraction of sp³-hybridized carbons (Fsp3) is 0.267. The number of aliphatic imine (C=N–C) groups is 1. The van der Waals surface area contributed by atoms with Crippen molar-refractivity contribution < 1.29 is 4.79 Å². The van der Waals surface area contributed by atoms with Crippen LogP contribution in [0.3, 0.4) is 0 Å². The van der Waals surface area contributed by atoms with Crippen LogP contribution in [0.25, 0.3) is 0 Å². The predicted octanol–water partition coefficient (Wildman–Crippen LogP) is 1.50. The summed E-state index contributed by atoms with van der Waals surface area (Å²) in [5.41, 5.74) is 7.43. The summed E-state index contributed by atoms with van der Waals surface area (Å²) < 4.78 is 0. The molecule has 0 bridgehead atoms. The number of hydrogen-bond acceptors (Lipinski definition) is 5. The van der Waals surface area contributed by atoms with Crippen LogP contribution in [0, 0.1) is 0 Å². The van der Waals surface area contributed by atoms with Gasteiger partial charge in [-0.25, -0.2) is 4.98 Å². The van der Waals surface area contributed by atoms with Crippen molar-refractivity contribution in [3.8, 4) is 0 Å². The van der Waals surface area contributed by atoms with Crippen LogP contribution >= 0.6 is 11.3 Å². The summed E-state index contributed by atoms with van der Waals surface area (Å²) in [5, 5.41) is 3.47. The minimum absolute atomic E-state index is 0.157. The minimum atomic E-state index is -0.157. The lowest BCUT2D eigenvalue weighted by Crippen LogP contribution is -2.46. The van der Waals surface area contributed by atoms with Crippen molar-refractivity contribution in [3.63, 3.8) is 0 Å². The van der Waals surface area contributed by atoms with Gasteiger partial charge in [0.2, 0.25) is 5.96 Å². The van der Waals surface area contributed by atoms with E-state index in [1.165, 1.54) is 11.3 Å². The van der Waals surface area contributed by atoms with E-state index in [0.29, 0.717) is 23.2 Å². The Bertz CT molecular complexity index is 710. The molecule has 1 aromatic carbocycles. The number of nitrogens with zero attached hydrogens (tertiary/aromatic N) is 3. The van der Waals surface area contributed by atoms with Crippen molar-refractivity contribution >= 4 is 28.3 Å². The maximum Gasteiger partial charge on any atom is 0.257 e. The van der Waals surface area contributed by atoms with E-state index in [9.17, 15) is 4.79 Å². The molecular formula is C15H17N5OS. The van der Waals surface area contributed by atoms with E-state index in [2.05, 4.69) is 15.3 Å². The highest BCUT2D eigenvalue weighted by molar-refractivity contribution is 7.15. The summed E-state index contributed by atoms with van der Waals surface area (Å²) in [5.74, 6) is 0.419. The van der Waals surface area contributed by atoms with Crippen molar-refractivity contribution in [1.82, 2.24) is 15.2 Å². The summed E-state index contributed by atoms with van der Waals surface area (Å²) in [6.07, 6.45) is 0.809. The number of benzene rings is 1. The van der Waals surface area contributed by atoms with Crippen LogP contribution in [0.1, 0.15) is 20.9 Å². The second-order valence-corrected chi connectivity index (χ2v) is 6.08. The van der Waals surface area contributed by atoms with E-state index in [4.69, 9.17) is 5.73 Å². The number of guanidine groups is 1. The molecule has 1 aromatic heterocycles. The summed E-state index contributed by atoms with van der Waals surface area (Å²) in [6, 6.07) is 9.11. The number of anilines is 1. The molecular weight excluding hydrogens is 298 g/mol. The van der Waals surface area contributed by atoms with Gasteiger partial charge in [-0.1, -0.05) is 18.2 Å². The highest BCUT2D eigenvalue weighted by Crippen LogP contribution is 2.26. The molecule has 7 heteroatoms. The van der Waals surface area contributed by atoms with E-state index in [0.717, 1.165) is 23.5 Å². The van der Waals surface area contributed by atoms with Gasteiger partial charge in [0, 0.05) is 30.5 Å². The highest BCUT2D eigenvalue weighted by Gasteiger charge is 2.23. The maximum absolute atomic E-state index is 12.3. The van der Waals surface area contributed by atoms with Gasteiger partial charge in [-0.05, 0) is 12.1 Å². The lowest BCUT2D eigenvalue weighted by molar-refractivity contribution is 0.0971. The number of carbonyl (C=O) groups excluding carboxylic acids is 1. The van der Waals surface area contributed by atoms with Crippen LogP contribution in [0.2, 0.25) is 0 Å². The zero-order valence-corrected chi connectivity index (χ0v) is 13.1. The van der Waals surface area contributed by atoms with Crippen LogP contribution in [0.5, 0.6) is 0 Å². The molecule has 0 atom stereocenters. The first kappa shape index (κ1) is 14.5. The Hall–Kier alpha value is -2.41. The highest BCUT2D eigenvalue weighted by atomic mass is 32.1. The molecule has 114 valence electrons. The Balaban J connectivity index is 1.72. The standard InChI is InChI=1S/C15H17N5OS/c1-17-15(19-13(21)10-5-3-2-4-6-10)20-8-7-11-12(9-20)22-14(16)18-11/h2-6H,7-9H2,1H3,(H2,16,18)(H,17,19,21). The molecule has 0 aliphatic carbocycles. The lowest BCUT2D eigenvalue weighted by atomic mass is 10.2. The van der Waals surface area contributed by atoms with Crippen LogP contribution in [-0.2, 0) is 13.0 Å². The first-order chi connectivity index (χ1) is 10.7. The zero-order valence-electron chi connectivity index (χ0n) is 12.2. The van der Waals surface area contributed by atoms with Gasteiger partial charge in [0.1, 0.15) is 0 Å². The number of fused-ring (bicyclic) bond motifs is 1. The second-order valence-electron chi connectivity index (χ2n) is 4.96. The topological polar surface area (TPSA) is 83.6 Å². The van der Waals surface area contributed by atoms with Crippen LogP contribution in [0.4, 0.5) is 5.13 Å². The monoisotopic (exact) mass is 315 g/mol. The quantitative estimate of drug-likeness (QED) is 0.617. The van der Waals surface area contributed by atoms with Gasteiger partial charge in [0.25, 0.3) is 5.91 Å². The molecule has 0 unspecified atom stereocenters. The van der Waals surface area contributed by atoms with Crippen molar-refractivity contribution in [2.45, 2.75) is 13.0 Å². The maximum atomic E-state index is 12.3. The number of thiazole rings is 1. The molecule has 0 radical (unpaired) electrons. The number of hydrogen-bond donors (Lipinski definition) is 2. The number of amides is 1.